The van der Waals surface area contributed by atoms with Gasteiger partial charge in [-0.15, -0.1) is 0 Å². The van der Waals surface area contributed by atoms with E-state index in [1.807, 2.05) is 0 Å². The van der Waals surface area contributed by atoms with Gasteiger partial charge in [0.2, 0.25) is 0 Å². The van der Waals surface area contributed by atoms with Crippen molar-refractivity contribution in [1.29, 1.82) is 0 Å². The van der Waals surface area contributed by atoms with E-state index in [-0.39, 0.29) is 0 Å². The third-order valence-corrected chi connectivity index (χ3v) is 1.45. The standard InChI is InChI=1S/C3H2Cl2F3NO/c4-2(6,1(9)10)3(5,7)8/h(H2,9,10). The molecule has 2 nitrogen and oxygen atoms in total. The third kappa shape index (κ3) is 1.67. The van der Waals surface area contributed by atoms with E-state index in [1.54, 1.807) is 0 Å². The van der Waals surface area contributed by atoms with Crippen molar-refractivity contribution in [2.75, 3.05) is 0 Å². The van der Waals surface area contributed by atoms with E-state index in [4.69, 9.17) is 0 Å². The molecular formula is C3H2Cl2F3NO. The molecule has 0 heterocycles. The lowest BCUT2D eigenvalue weighted by molar-refractivity contribution is -0.135. The number of primary amides is 1. The van der Waals surface area contributed by atoms with Gasteiger partial charge in [0.05, 0.1) is 0 Å². The lowest BCUT2D eigenvalue weighted by Crippen LogP contribution is -2.46. The average molecular weight is 196 g/mol. The summed E-state index contributed by atoms with van der Waals surface area (Å²) in [6.07, 6.45) is 0. The lowest BCUT2D eigenvalue weighted by atomic mass is 10.4. The highest BCUT2D eigenvalue weighted by molar-refractivity contribution is 6.40. The minimum Gasteiger partial charge on any atom is -0.366 e. The summed E-state index contributed by atoms with van der Waals surface area (Å²) in [6.45, 7) is 0. The first-order valence-corrected chi connectivity index (χ1v) is 2.69. The molecule has 0 aliphatic carbocycles. The van der Waals surface area contributed by atoms with Crippen LogP contribution in [0.3, 0.4) is 0 Å². The van der Waals surface area contributed by atoms with Gasteiger partial charge in [0.15, 0.2) is 0 Å². The number of hydrogen-bond acceptors (Lipinski definition) is 1. The van der Waals surface area contributed by atoms with E-state index in [2.05, 4.69) is 28.9 Å². The monoisotopic (exact) mass is 195 g/mol. The Kier molecular flexibility index (Phi) is 2.43. The first-order valence-electron chi connectivity index (χ1n) is 1.94. The van der Waals surface area contributed by atoms with Crippen molar-refractivity contribution in [3.8, 4) is 0 Å². The molecule has 10 heavy (non-hydrogen) atoms. The van der Waals surface area contributed by atoms with Crippen LogP contribution in [0.25, 0.3) is 0 Å². The van der Waals surface area contributed by atoms with Gasteiger partial charge in [0.25, 0.3) is 5.91 Å². The molecule has 0 bridgehead atoms. The van der Waals surface area contributed by atoms with Crippen LogP contribution in [0.2, 0.25) is 0 Å². The van der Waals surface area contributed by atoms with Crippen LogP contribution < -0.4 is 5.73 Å². The molecule has 0 aromatic heterocycles. The fraction of sp³-hybridized carbons (Fsp3) is 0.667. The smallest absolute Gasteiger partial charge is 0.366 e. The van der Waals surface area contributed by atoms with Gasteiger partial charge in [-0.2, -0.15) is 8.78 Å². The molecule has 1 unspecified atom stereocenters. The van der Waals surface area contributed by atoms with Gasteiger partial charge in [-0.3, -0.25) is 4.79 Å². The molecule has 60 valence electrons. The Morgan fingerprint density at radius 2 is 1.60 bits per heavy atom. The maximum absolute atomic E-state index is 12.1. The van der Waals surface area contributed by atoms with Crippen LogP contribution in [0, 0.1) is 0 Å². The molecule has 0 saturated carbocycles. The van der Waals surface area contributed by atoms with E-state index in [1.165, 1.54) is 0 Å². The van der Waals surface area contributed by atoms with Crippen LogP contribution in [-0.4, -0.2) is 16.4 Å². The molecule has 0 rings (SSSR count). The maximum atomic E-state index is 12.1. The molecule has 0 aromatic rings. The molecule has 0 aliphatic rings. The Bertz CT molecular complexity index is 154. The van der Waals surface area contributed by atoms with Gasteiger partial charge in [-0.1, -0.05) is 11.6 Å². The summed E-state index contributed by atoms with van der Waals surface area (Å²) in [5.41, 5.74) is 4.15. The number of carbonyl (C=O) groups excluding carboxylic acids is 1. The number of hydrogen-bond donors (Lipinski definition) is 1. The summed E-state index contributed by atoms with van der Waals surface area (Å²) in [7, 11) is 0. The molecule has 0 aromatic carbocycles. The van der Waals surface area contributed by atoms with Gasteiger partial charge in [0.1, 0.15) is 0 Å². The van der Waals surface area contributed by atoms with Gasteiger partial charge < -0.3 is 5.73 Å². The Morgan fingerprint density at radius 3 is 1.60 bits per heavy atom. The van der Waals surface area contributed by atoms with Crippen LogP contribution in [-0.2, 0) is 4.79 Å². The zero-order chi connectivity index (χ0) is 8.58. The van der Waals surface area contributed by atoms with Gasteiger partial charge in [0, 0.05) is 0 Å². The number of alkyl halides is 5. The summed E-state index contributed by atoms with van der Waals surface area (Å²) < 4.78 is 35.5. The van der Waals surface area contributed by atoms with Crippen LogP contribution in [0.4, 0.5) is 13.2 Å². The SMILES string of the molecule is NC(=O)C(F)(Cl)C(F)(F)Cl. The predicted molar refractivity (Wildman–Crippen MR) is 29.7 cm³/mol. The van der Waals surface area contributed by atoms with E-state index >= 15 is 0 Å². The highest BCUT2D eigenvalue weighted by Crippen LogP contribution is 2.39. The second kappa shape index (κ2) is 2.47. The van der Waals surface area contributed by atoms with E-state index in [9.17, 15) is 18.0 Å². The topological polar surface area (TPSA) is 43.1 Å². The van der Waals surface area contributed by atoms with Crippen LogP contribution in [0.5, 0.6) is 0 Å². The van der Waals surface area contributed by atoms with Crippen molar-refractivity contribution in [1.82, 2.24) is 0 Å². The van der Waals surface area contributed by atoms with Crippen molar-refractivity contribution in [2.24, 2.45) is 5.73 Å². The van der Waals surface area contributed by atoms with Crippen molar-refractivity contribution in [3.05, 3.63) is 0 Å². The van der Waals surface area contributed by atoms with Gasteiger partial charge >= 0.3 is 10.5 Å². The number of halogens is 5. The number of amides is 1. The van der Waals surface area contributed by atoms with Crippen molar-refractivity contribution in [3.63, 3.8) is 0 Å². The quantitative estimate of drug-likeness (QED) is 0.662. The largest absolute Gasteiger partial charge is 0.378 e. The molecule has 0 spiro atoms. The van der Waals surface area contributed by atoms with Crippen LogP contribution >= 0.6 is 23.2 Å². The molecule has 0 aliphatic heterocycles. The second-order valence-corrected chi connectivity index (χ2v) is 2.43. The van der Waals surface area contributed by atoms with Crippen LogP contribution in [0.1, 0.15) is 0 Å². The Hall–Kier alpha value is -0.160. The minimum atomic E-state index is -4.49. The summed E-state index contributed by atoms with van der Waals surface area (Å²) >= 11 is 8.40. The van der Waals surface area contributed by atoms with E-state index in [0.29, 0.717) is 0 Å². The summed E-state index contributed by atoms with van der Waals surface area (Å²) in [4.78, 5) is 9.82. The lowest BCUT2D eigenvalue weighted by Gasteiger charge is -2.17. The predicted octanol–water partition coefficient (Wildman–Crippen LogP) is 1.21. The summed E-state index contributed by atoms with van der Waals surface area (Å²) in [5.74, 6) is -2.02. The first kappa shape index (κ1) is 9.84. The zero-order valence-electron chi connectivity index (χ0n) is 4.38. The molecule has 1 amide bonds. The molecule has 2 N–H and O–H groups in total. The normalized spacial score (nSPS) is 18.1. The Labute approximate surface area is 64.1 Å². The highest BCUT2D eigenvalue weighted by atomic mass is 35.5. The molecule has 0 saturated heterocycles. The van der Waals surface area contributed by atoms with Crippen molar-refractivity contribution in [2.45, 2.75) is 10.5 Å². The van der Waals surface area contributed by atoms with Crippen molar-refractivity contribution < 1.29 is 18.0 Å². The fourth-order valence-corrected chi connectivity index (χ4v) is 0.233. The fourth-order valence-electron chi connectivity index (χ4n) is 0.140. The summed E-state index contributed by atoms with van der Waals surface area (Å²) in [6, 6.07) is 0. The Morgan fingerprint density at radius 1 is 1.30 bits per heavy atom. The number of rotatable bonds is 2. The van der Waals surface area contributed by atoms with Gasteiger partial charge in [-0.25, -0.2) is 4.39 Å². The van der Waals surface area contributed by atoms with Gasteiger partial charge in [-0.05, 0) is 11.6 Å². The third-order valence-electron chi connectivity index (χ3n) is 0.665. The number of carbonyl (C=O) groups is 1. The van der Waals surface area contributed by atoms with E-state index in [0.717, 1.165) is 0 Å². The Balaban J connectivity index is 4.57. The highest BCUT2D eigenvalue weighted by Gasteiger charge is 2.57. The minimum absolute atomic E-state index is 2.02. The zero-order valence-corrected chi connectivity index (χ0v) is 5.89. The first-order chi connectivity index (χ1) is 4.19. The van der Waals surface area contributed by atoms with Crippen molar-refractivity contribution >= 4 is 29.1 Å². The molecule has 0 fully saturated rings. The van der Waals surface area contributed by atoms with E-state index < -0.39 is 16.4 Å². The molecule has 7 heteroatoms. The molecule has 0 radical (unpaired) electrons. The average Bonchev–Trinajstić information content (AvgIpc) is 1.62. The number of nitrogens with two attached hydrogens (primary N) is 1. The molecule has 1 atom stereocenters. The molecular weight excluding hydrogens is 194 g/mol. The second-order valence-electron chi connectivity index (χ2n) is 1.44. The summed E-state index contributed by atoms with van der Waals surface area (Å²) in [5, 5.41) is -8.51. The van der Waals surface area contributed by atoms with Crippen LogP contribution in [0.15, 0.2) is 0 Å². The maximum Gasteiger partial charge on any atom is 0.378 e.